The first-order valence-electron chi connectivity index (χ1n) is 9.14. The van der Waals surface area contributed by atoms with E-state index in [-0.39, 0.29) is 24.2 Å². The highest BCUT2D eigenvalue weighted by Gasteiger charge is 2.62. The molecule has 1 fully saturated rings. The Hall–Kier alpha value is -1.52. The van der Waals surface area contributed by atoms with Gasteiger partial charge in [0.1, 0.15) is 27.5 Å². The molecule has 0 bridgehead atoms. The molecule has 7 nitrogen and oxygen atoms in total. The van der Waals surface area contributed by atoms with Crippen molar-refractivity contribution in [1.82, 2.24) is 5.32 Å². The number of aliphatic hydroxyl groups excluding tert-OH is 1. The Labute approximate surface area is 177 Å². The Bertz CT molecular complexity index is 983. The number of sulfone groups is 1. The highest BCUT2D eigenvalue weighted by atomic mass is 79.9. The third-order valence-electron chi connectivity index (χ3n) is 5.12. The predicted molar refractivity (Wildman–Crippen MR) is 110 cm³/mol. The molecular weight excluding hydrogens is 467 g/mol. The fraction of sp³-hybridized carbons (Fsp3) is 0.579. The topological polar surface area (TPSA) is 105 Å². The van der Waals surface area contributed by atoms with Crippen LogP contribution in [-0.2, 0) is 20.1 Å². The summed E-state index contributed by atoms with van der Waals surface area (Å²) in [7, 11) is -3.89. The van der Waals surface area contributed by atoms with Gasteiger partial charge in [0.05, 0.1) is 11.9 Å². The lowest BCUT2D eigenvalue weighted by atomic mass is 9.79. The maximum Gasteiger partial charge on any atom is 0.413 e. The van der Waals surface area contributed by atoms with Crippen molar-refractivity contribution in [2.75, 3.05) is 5.75 Å². The lowest BCUT2D eigenvalue weighted by Gasteiger charge is -2.49. The van der Waals surface area contributed by atoms with Gasteiger partial charge in [-0.3, -0.25) is 10.3 Å². The van der Waals surface area contributed by atoms with Crippen molar-refractivity contribution in [3.05, 3.63) is 34.1 Å². The van der Waals surface area contributed by atoms with E-state index in [2.05, 4.69) is 26.2 Å². The fourth-order valence-electron chi connectivity index (χ4n) is 3.78. The van der Waals surface area contributed by atoms with Gasteiger partial charge in [0.2, 0.25) is 0 Å². The van der Waals surface area contributed by atoms with Gasteiger partial charge in [-0.15, -0.1) is 0 Å². The van der Waals surface area contributed by atoms with Crippen molar-refractivity contribution in [2.45, 2.75) is 62.5 Å². The minimum Gasteiger partial charge on any atom is -0.444 e. The maximum absolute atomic E-state index is 14.6. The average molecular weight is 491 g/mol. The maximum atomic E-state index is 14.6. The van der Waals surface area contributed by atoms with E-state index in [9.17, 15) is 22.7 Å². The second kappa shape index (κ2) is 7.02. The largest absolute Gasteiger partial charge is 0.444 e. The zero-order valence-corrected chi connectivity index (χ0v) is 19.0. The first-order chi connectivity index (χ1) is 13.2. The molecule has 2 aliphatic rings. The average Bonchev–Trinajstić information content (AvgIpc) is 2.49. The van der Waals surface area contributed by atoms with E-state index in [1.165, 1.54) is 25.1 Å². The quantitative estimate of drug-likeness (QED) is 0.629. The smallest absolute Gasteiger partial charge is 0.413 e. The van der Waals surface area contributed by atoms with Crippen LogP contribution in [0.5, 0.6) is 0 Å². The van der Waals surface area contributed by atoms with E-state index in [0.29, 0.717) is 4.47 Å². The summed E-state index contributed by atoms with van der Waals surface area (Å²) in [6.45, 7) is 6.54. The number of hydrogen-bond donors (Lipinski definition) is 2. The van der Waals surface area contributed by atoms with E-state index in [1.807, 2.05) is 0 Å². The molecule has 0 unspecified atom stereocenters. The number of benzene rings is 1. The van der Waals surface area contributed by atoms with Crippen LogP contribution in [0.25, 0.3) is 0 Å². The summed E-state index contributed by atoms with van der Waals surface area (Å²) in [5.41, 5.74) is -2.17. The Morgan fingerprint density at radius 1 is 1.38 bits per heavy atom. The lowest BCUT2D eigenvalue weighted by Crippen LogP contribution is -2.67. The van der Waals surface area contributed by atoms with Gasteiger partial charge in [0.25, 0.3) is 0 Å². The van der Waals surface area contributed by atoms with E-state index < -0.39 is 49.5 Å². The number of aliphatic hydroxyl groups is 1. The SMILES string of the molecule is CC(C)(C)OC(=O)NC1=N[C@](C)(c2cc(Br)ccc2F)CS(=O)(=O)[C@]12C[C@H](O)C2. The third kappa shape index (κ3) is 4.06. The molecule has 29 heavy (non-hydrogen) atoms. The van der Waals surface area contributed by atoms with Crippen LogP contribution in [0.1, 0.15) is 46.1 Å². The summed E-state index contributed by atoms with van der Waals surface area (Å²) in [5.74, 6) is -1.17. The number of amidine groups is 1. The van der Waals surface area contributed by atoms with Gasteiger partial charge in [-0.1, -0.05) is 15.9 Å². The molecule has 0 saturated heterocycles. The first-order valence-corrected chi connectivity index (χ1v) is 11.6. The van der Waals surface area contributed by atoms with Crippen molar-refractivity contribution < 1.29 is 27.4 Å². The summed E-state index contributed by atoms with van der Waals surface area (Å²) in [5, 5.41) is 12.3. The zero-order valence-electron chi connectivity index (χ0n) is 16.6. The Kier molecular flexibility index (Phi) is 5.37. The molecular formula is C19H24BrFN2O5S. The number of nitrogens with zero attached hydrogens (tertiary/aromatic N) is 1. The number of rotatable bonds is 1. The predicted octanol–water partition coefficient (Wildman–Crippen LogP) is 3.05. The molecule has 10 heteroatoms. The van der Waals surface area contributed by atoms with Crippen LogP contribution >= 0.6 is 15.9 Å². The number of carbonyl (C=O) groups is 1. The zero-order chi connectivity index (χ0) is 21.8. The molecule has 1 aromatic rings. The normalized spacial score (nSPS) is 31.0. The third-order valence-corrected chi connectivity index (χ3v) is 8.27. The molecule has 1 saturated carbocycles. The van der Waals surface area contributed by atoms with Gasteiger partial charge in [-0.05, 0) is 45.9 Å². The monoisotopic (exact) mass is 490 g/mol. The summed E-state index contributed by atoms with van der Waals surface area (Å²) < 4.78 is 45.4. The van der Waals surface area contributed by atoms with Crippen molar-refractivity contribution >= 4 is 37.7 Å². The van der Waals surface area contributed by atoms with Crippen LogP contribution in [0.15, 0.2) is 27.7 Å². The number of nitrogens with one attached hydrogen (secondary N) is 1. The summed E-state index contributed by atoms with van der Waals surface area (Å²) in [6, 6.07) is 4.21. The van der Waals surface area contributed by atoms with Gasteiger partial charge >= 0.3 is 6.09 Å². The summed E-state index contributed by atoms with van der Waals surface area (Å²) in [6.07, 6.45) is -1.84. The van der Waals surface area contributed by atoms with Crippen LogP contribution < -0.4 is 5.32 Å². The minimum absolute atomic E-state index is 0.0823. The number of alkyl carbamates (subject to hydrolysis) is 1. The van der Waals surface area contributed by atoms with Crippen molar-refractivity contribution in [1.29, 1.82) is 0 Å². The number of halogens is 2. The van der Waals surface area contributed by atoms with Gasteiger partial charge in [0, 0.05) is 22.9 Å². The number of carbonyl (C=O) groups excluding carboxylic acids is 1. The highest BCUT2D eigenvalue weighted by molar-refractivity contribution is 9.10. The van der Waals surface area contributed by atoms with E-state index in [1.54, 1.807) is 20.8 Å². The number of hydrogen-bond acceptors (Lipinski definition) is 6. The summed E-state index contributed by atoms with van der Waals surface area (Å²) in [4.78, 5) is 16.9. The number of amides is 1. The van der Waals surface area contributed by atoms with Gasteiger partial charge in [-0.2, -0.15) is 0 Å². The van der Waals surface area contributed by atoms with Crippen molar-refractivity contribution in [3.8, 4) is 0 Å². The van der Waals surface area contributed by atoms with Crippen LogP contribution in [0.3, 0.4) is 0 Å². The fourth-order valence-corrected chi connectivity index (χ4v) is 6.66. The van der Waals surface area contributed by atoms with Gasteiger partial charge < -0.3 is 9.84 Å². The molecule has 1 atom stereocenters. The molecule has 1 aliphatic heterocycles. The molecule has 1 aliphatic carbocycles. The molecule has 1 spiro atoms. The van der Waals surface area contributed by atoms with Gasteiger partial charge in [0.15, 0.2) is 9.84 Å². The number of ether oxygens (including phenoxy) is 1. The standard InChI is InChI=1S/C19H24BrFN2O5S/c1-17(2,3)28-16(25)22-15-19(8-12(24)9-19)29(26,27)10-18(4,23-15)13-7-11(20)5-6-14(13)21/h5-7,12,24H,8-10H2,1-4H3,(H,22,23,25)/t12-,18-,19-/m0/s1. The van der Waals surface area contributed by atoms with Crippen LogP contribution in [0.2, 0.25) is 0 Å². The van der Waals surface area contributed by atoms with Gasteiger partial charge in [-0.25, -0.2) is 17.6 Å². The second-order valence-electron chi connectivity index (χ2n) is 8.80. The van der Waals surface area contributed by atoms with Crippen LogP contribution in [-0.4, -0.2) is 47.7 Å². The Morgan fingerprint density at radius 3 is 2.55 bits per heavy atom. The van der Waals surface area contributed by atoms with E-state index >= 15 is 0 Å². The molecule has 0 radical (unpaired) electrons. The number of aliphatic imine (C=N–C) groups is 1. The van der Waals surface area contributed by atoms with Crippen LogP contribution in [0, 0.1) is 5.82 Å². The summed E-state index contributed by atoms with van der Waals surface area (Å²) >= 11 is 3.27. The van der Waals surface area contributed by atoms with E-state index in [4.69, 9.17) is 4.74 Å². The first kappa shape index (κ1) is 22.2. The second-order valence-corrected chi connectivity index (χ2v) is 12.0. The molecule has 1 heterocycles. The minimum atomic E-state index is -3.89. The highest BCUT2D eigenvalue weighted by Crippen LogP contribution is 2.48. The molecule has 1 amide bonds. The van der Waals surface area contributed by atoms with Crippen molar-refractivity contribution in [2.24, 2.45) is 4.99 Å². The molecule has 0 aromatic heterocycles. The van der Waals surface area contributed by atoms with Crippen LogP contribution in [0.4, 0.5) is 9.18 Å². The molecule has 2 N–H and O–H groups in total. The molecule has 1 aromatic carbocycles. The Morgan fingerprint density at radius 2 is 2.00 bits per heavy atom. The lowest BCUT2D eigenvalue weighted by molar-refractivity contribution is 0.0536. The molecule has 3 rings (SSSR count). The Balaban J connectivity index is 2.11. The van der Waals surface area contributed by atoms with E-state index in [0.717, 1.165) is 0 Å². The molecule has 160 valence electrons. The van der Waals surface area contributed by atoms with Crippen molar-refractivity contribution in [3.63, 3.8) is 0 Å².